The van der Waals surface area contributed by atoms with Gasteiger partial charge in [0.1, 0.15) is 5.82 Å². The summed E-state index contributed by atoms with van der Waals surface area (Å²) in [5.74, 6) is -0.0816. The molecule has 0 amide bonds. The Morgan fingerprint density at radius 1 is 1.06 bits per heavy atom. The highest BCUT2D eigenvalue weighted by atomic mass is 79.9. The van der Waals surface area contributed by atoms with E-state index in [0.717, 1.165) is 5.56 Å². The van der Waals surface area contributed by atoms with Crippen molar-refractivity contribution in [1.82, 2.24) is 0 Å². The van der Waals surface area contributed by atoms with Gasteiger partial charge in [-0.15, -0.1) is 0 Å². The van der Waals surface area contributed by atoms with Crippen molar-refractivity contribution in [3.05, 3.63) is 69.9 Å². The minimum atomic E-state index is -0.265. The Morgan fingerprint density at radius 3 is 2.33 bits per heavy atom. The quantitative estimate of drug-likeness (QED) is 0.894. The van der Waals surface area contributed by atoms with Crippen LogP contribution < -0.4 is 5.73 Å². The average Bonchev–Trinajstić information content (AvgIpc) is 2.41. The first-order valence-electron chi connectivity index (χ1n) is 5.85. The molecule has 0 aromatic heterocycles. The summed E-state index contributed by atoms with van der Waals surface area (Å²) in [6.07, 6.45) is 0. The molecule has 94 valence electrons. The monoisotopic (exact) mass is 307 g/mol. The summed E-state index contributed by atoms with van der Waals surface area (Å²) >= 11 is 3.19. The third-order valence-corrected chi connectivity index (χ3v) is 3.80. The number of rotatable bonds is 3. The topological polar surface area (TPSA) is 26.0 Å². The lowest BCUT2D eigenvalue weighted by molar-refractivity contribution is 0.589. The van der Waals surface area contributed by atoms with E-state index in [1.54, 1.807) is 12.1 Å². The number of benzene rings is 2. The Bertz CT molecular complexity index is 527. The molecule has 2 aromatic rings. The van der Waals surface area contributed by atoms with E-state index < -0.39 is 0 Å². The lowest BCUT2D eigenvalue weighted by atomic mass is 9.89. The van der Waals surface area contributed by atoms with Crippen LogP contribution in [0.5, 0.6) is 0 Å². The molecule has 2 unspecified atom stereocenters. The Kier molecular flexibility index (Phi) is 4.15. The lowest BCUT2D eigenvalue weighted by Crippen LogP contribution is -2.17. The van der Waals surface area contributed by atoms with Crippen LogP contribution in [0.15, 0.2) is 53.0 Å². The van der Waals surface area contributed by atoms with Gasteiger partial charge in [0.05, 0.1) is 4.47 Å². The smallest absolute Gasteiger partial charge is 0.137 e. The molecule has 0 aliphatic rings. The number of hydrogen-bond donors (Lipinski definition) is 1. The Balaban J connectivity index is 2.25. The van der Waals surface area contributed by atoms with Gasteiger partial charge in [-0.05, 0) is 39.2 Å². The summed E-state index contributed by atoms with van der Waals surface area (Å²) < 4.78 is 13.7. The Labute approximate surface area is 115 Å². The fourth-order valence-corrected chi connectivity index (χ4v) is 2.37. The maximum atomic E-state index is 13.2. The predicted molar refractivity (Wildman–Crippen MR) is 75.9 cm³/mol. The highest BCUT2D eigenvalue weighted by Crippen LogP contribution is 2.30. The second kappa shape index (κ2) is 5.63. The molecular weight excluding hydrogens is 293 g/mol. The fraction of sp³-hybridized carbons (Fsp3) is 0.200. The molecule has 2 atom stereocenters. The molecule has 0 radical (unpaired) electrons. The molecule has 0 bridgehead atoms. The summed E-state index contributed by atoms with van der Waals surface area (Å²) in [7, 11) is 0. The van der Waals surface area contributed by atoms with E-state index >= 15 is 0 Å². The Hall–Kier alpha value is -1.19. The van der Waals surface area contributed by atoms with Gasteiger partial charge in [0.2, 0.25) is 0 Å². The minimum Gasteiger partial charge on any atom is -0.323 e. The maximum Gasteiger partial charge on any atom is 0.137 e. The largest absolute Gasteiger partial charge is 0.323 e. The normalized spacial score (nSPS) is 14.2. The SMILES string of the molecule is CC(c1ccccc1)C(N)c1ccc(F)c(Br)c1. The van der Waals surface area contributed by atoms with Gasteiger partial charge in [-0.25, -0.2) is 4.39 Å². The van der Waals surface area contributed by atoms with E-state index in [-0.39, 0.29) is 17.8 Å². The van der Waals surface area contributed by atoms with Crippen LogP contribution in [-0.4, -0.2) is 0 Å². The molecule has 0 spiro atoms. The second-order valence-electron chi connectivity index (χ2n) is 4.40. The first-order chi connectivity index (χ1) is 8.59. The first-order valence-corrected chi connectivity index (χ1v) is 6.64. The van der Waals surface area contributed by atoms with Crippen molar-refractivity contribution < 1.29 is 4.39 Å². The van der Waals surface area contributed by atoms with E-state index in [2.05, 4.69) is 35.0 Å². The molecule has 0 saturated heterocycles. The third kappa shape index (κ3) is 2.79. The van der Waals surface area contributed by atoms with Gasteiger partial charge in [-0.2, -0.15) is 0 Å². The number of nitrogens with two attached hydrogens (primary N) is 1. The van der Waals surface area contributed by atoms with E-state index in [0.29, 0.717) is 4.47 Å². The van der Waals surface area contributed by atoms with Gasteiger partial charge in [0, 0.05) is 12.0 Å². The van der Waals surface area contributed by atoms with Crippen molar-refractivity contribution in [1.29, 1.82) is 0 Å². The van der Waals surface area contributed by atoms with Crippen molar-refractivity contribution in [3.63, 3.8) is 0 Å². The van der Waals surface area contributed by atoms with Gasteiger partial charge in [-0.1, -0.05) is 43.3 Å². The summed E-state index contributed by atoms with van der Waals surface area (Å²) in [6.45, 7) is 2.08. The van der Waals surface area contributed by atoms with E-state index in [1.807, 2.05) is 18.2 Å². The summed E-state index contributed by atoms with van der Waals surface area (Å²) in [4.78, 5) is 0. The van der Waals surface area contributed by atoms with Crippen molar-refractivity contribution >= 4 is 15.9 Å². The maximum absolute atomic E-state index is 13.2. The molecule has 2 N–H and O–H groups in total. The van der Waals surface area contributed by atoms with Crippen LogP contribution >= 0.6 is 15.9 Å². The van der Waals surface area contributed by atoms with Crippen LogP contribution in [0.4, 0.5) is 4.39 Å². The molecule has 0 heterocycles. The molecule has 2 rings (SSSR count). The fourth-order valence-electron chi connectivity index (χ4n) is 1.97. The van der Waals surface area contributed by atoms with Crippen molar-refractivity contribution in [3.8, 4) is 0 Å². The van der Waals surface area contributed by atoms with Gasteiger partial charge < -0.3 is 5.73 Å². The van der Waals surface area contributed by atoms with Crippen molar-refractivity contribution in [2.45, 2.75) is 18.9 Å². The zero-order valence-corrected chi connectivity index (χ0v) is 11.7. The van der Waals surface area contributed by atoms with Crippen molar-refractivity contribution in [2.24, 2.45) is 5.73 Å². The van der Waals surface area contributed by atoms with Crippen LogP contribution in [0.3, 0.4) is 0 Å². The van der Waals surface area contributed by atoms with Gasteiger partial charge in [-0.3, -0.25) is 0 Å². The molecule has 0 aliphatic carbocycles. The standard InChI is InChI=1S/C15H15BrFN/c1-10(11-5-3-2-4-6-11)15(18)12-7-8-14(17)13(16)9-12/h2-10,15H,18H2,1H3. The van der Waals surface area contributed by atoms with Crippen LogP contribution in [-0.2, 0) is 0 Å². The molecular formula is C15H15BrFN. The molecule has 2 aromatic carbocycles. The molecule has 0 saturated carbocycles. The summed E-state index contributed by atoms with van der Waals surface area (Å²) in [5, 5.41) is 0. The number of hydrogen-bond acceptors (Lipinski definition) is 1. The molecule has 3 heteroatoms. The third-order valence-electron chi connectivity index (χ3n) is 3.19. The molecule has 18 heavy (non-hydrogen) atoms. The van der Waals surface area contributed by atoms with Gasteiger partial charge in [0.25, 0.3) is 0 Å². The van der Waals surface area contributed by atoms with Crippen LogP contribution in [0.1, 0.15) is 30.0 Å². The Morgan fingerprint density at radius 2 is 1.72 bits per heavy atom. The van der Waals surface area contributed by atoms with Crippen LogP contribution in [0, 0.1) is 5.82 Å². The van der Waals surface area contributed by atoms with Gasteiger partial charge in [0.15, 0.2) is 0 Å². The zero-order valence-electron chi connectivity index (χ0n) is 10.1. The highest BCUT2D eigenvalue weighted by Gasteiger charge is 2.17. The molecule has 0 aliphatic heterocycles. The van der Waals surface area contributed by atoms with Crippen molar-refractivity contribution in [2.75, 3.05) is 0 Å². The van der Waals surface area contributed by atoms with E-state index in [1.165, 1.54) is 11.6 Å². The summed E-state index contributed by atoms with van der Waals surface area (Å²) in [5.41, 5.74) is 8.36. The molecule has 1 nitrogen and oxygen atoms in total. The van der Waals surface area contributed by atoms with E-state index in [9.17, 15) is 4.39 Å². The lowest BCUT2D eigenvalue weighted by Gasteiger charge is -2.21. The average molecular weight is 308 g/mol. The van der Waals surface area contributed by atoms with E-state index in [4.69, 9.17) is 5.73 Å². The summed E-state index contributed by atoms with van der Waals surface area (Å²) in [6, 6.07) is 14.9. The van der Waals surface area contributed by atoms with Crippen LogP contribution in [0.25, 0.3) is 0 Å². The minimum absolute atomic E-state index is 0.149. The molecule has 0 fully saturated rings. The van der Waals surface area contributed by atoms with Crippen LogP contribution in [0.2, 0.25) is 0 Å². The second-order valence-corrected chi connectivity index (χ2v) is 5.25. The predicted octanol–water partition coefficient (Wildman–Crippen LogP) is 4.39. The highest BCUT2D eigenvalue weighted by molar-refractivity contribution is 9.10. The van der Waals surface area contributed by atoms with Gasteiger partial charge >= 0.3 is 0 Å². The zero-order chi connectivity index (χ0) is 13.1. The number of halogens is 2. The first kappa shape index (κ1) is 13.2.